The van der Waals surface area contributed by atoms with E-state index in [0.29, 0.717) is 39.0 Å². The highest BCUT2D eigenvalue weighted by Crippen LogP contribution is 2.30. The van der Waals surface area contributed by atoms with Crippen LogP contribution in [-0.4, -0.2) is 20.8 Å². The largest absolute Gasteiger partial charge is 0.434 e. The van der Waals surface area contributed by atoms with Crippen LogP contribution in [0.1, 0.15) is 5.56 Å². The first kappa shape index (κ1) is 19.3. The quantitative estimate of drug-likeness (QED) is 0.273. The van der Waals surface area contributed by atoms with E-state index in [9.17, 15) is 14.9 Å². The molecule has 0 fully saturated rings. The first-order valence-corrected chi connectivity index (χ1v) is 9.12. The fraction of sp³-hybridized carbons (Fsp3) is 0. The SMILES string of the molecule is O=C(C=Cc1cccc([N+](=O)[O-])c1)Nc1cc(-c2nc3ncccc3o2)ccc1Cl. The minimum Gasteiger partial charge on any atom is -0.434 e. The molecule has 0 atom stereocenters. The van der Waals surface area contributed by atoms with E-state index in [2.05, 4.69) is 15.3 Å². The van der Waals surface area contributed by atoms with E-state index in [-0.39, 0.29) is 5.69 Å². The van der Waals surface area contributed by atoms with E-state index >= 15 is 0 Å². The number of hydrogen-bond donors (Lipinski definition) is 1. The second-order valence-corrected chi connectivity index (χ2v) is 6.62. The maximum absolute atomic E-state index is 12.3. The second kappa shape index (κ2) is 8.14. The Morgan fingerprint density at radius 2 is 2.03 bits per heavy atom. The van der Waals surface area contributed by atoms with Crippen LogP contribution in [0.3, 0.4) is 0 Å². The molecule has 0 unspecified atom stereocenters. The van der Waals surface area contributed by atoms with E-state index in [4.69, 9.17) is 16.0 Å². The molecule has 1 N–H and O–H groups in total. The molecular formula is C21H13ClN4O4. The molecule has 2 aromatic heterocycles. The number of halogens is 1. The maximum atomic E-state index is 12.3. The molecule has 0 aliphatic carbocycles. The Bertz CT molecular complexity index is 1270. The molecule has 0 aliphatic heterocycles. The lowest BCUT2D eigenvalue weighted by molar-refractivity contribution is -0.384. The molecule has 4 aromatic rings. The Morgan fingerprint density at radius 1 is 1.17 bits per heavy atom. The van der Waals surface area contributed by atoms with Gasteiger partial charge in [-0.05, 0) is 42.0 Å². The minimum atomic E-state index is -0.496. The molecule has 0 bridgehead atoms. The molecule has 1 amide bonds. The van der Waals surface area contributed by atoms with Gasteiger partial charge in [0.1, 0.15) is 0 Å². The van der Waals surface area contributed by atoms with Crippen molar-refractivity contribution in [3.8, 4) is 11.5 Å². The highest BCUT2D eigenvalue weighted by Gasteiger charge is 2.12. The van der Waals surface area contributed by atoms with Crippen molar-refractivity contribution in [1.82, 2.24) is 9.97 Å². The number of hydrogen-bond acceptors (Lipinski definition) is 6. The minimum absolute atomic E-state index is 0.0545. The number of oxazole rings is 1. The highest BCUT2D eigenvalue weighted by molar-refractivity contribution is 6.34. The van der Waals surface area contributed by atoms with Gasteiger partial charge in [-0.1, -0.05) is 23.7 Å². The van der Waals surface area contributed by atoms with Crippen LogP contribution in [0.5, 0.6) is 0 Å². The zero-order valence-corrected chi connectivity index (χ0v) is 16.0. The van der Waals surface area contributed by atoms with Crippen LogP contribution in [0.25, 0.3) is 28.8 Å². The molecule has 0 saturated carbocycles. The molecule has 4 rings (SSSR count). The third-order valence-electron chi connectivity index (χ3n) is 4.14. The second-order valence-electron chi connectivity index (χ2n) is 6.21. The fourth-order valence-corrected chi connectivity index (χ4v) is 2.90. The summed E-state index contributed by atoms with van der Waals surface area (Å²) in [6.45, 7) is 0. The standard InChI is InChI=1S/C21H13ClN4O4/c22-16-8-7-14(21-25-20-18(30-21)5-2-10-23-20)12-17(16)24-19(27)9-6-13-3-1-4-15(11-13)26(28)29/h1-12H,(H,24,27). The van der Waals surface area contributed by atoms with Crippen LogP contribution in [0.2, 0.25) is 5.02 Å². The fourth-order valence-electron chi connectivity index (χ4n) is 2.73. The Morgan fingerprint density at radius 3 is 2.83 bits per heavy atom. The number of aromatic nitrogens is 2. The van der Waals surface area contributed by atoms with Crippen molar-refractivity contribution in [2.24, 2.45) is 0 Å². The molecule has 30 heavy (non-hydrogen) atoms. The van der Waals surface area contributed by atoms with E-state index in [1.54, 1.807) is 48.7 Å². The van der Waals surface area contributed by atoms with Crippen molar-refractivity contribution in [1.29, 1.82) is 0 Å². The van der Waals surface area contributed by atoms with Crippen molar-refractivity contribution in [3.63, 3.8) is 0 Å². The molecule has 8 nitrogen and oxygen atoms in total. The summed E-state index contributed by atoms with van der Waals surface area (Å²) in [6, 6.07) is 14.5. The number of nitrogens with zero attached hydrogens (tertiary/aromatic N) is 3. The third-order valence-corrected chi connectivity index (χ3v) is 4.47. The topological polar surface area (TPSA) is 111 Å². The molecule has 0 radical (unpaired) electrons. The highest BCUT2D eigenvalue weighted by atomic mass is 35.5. The van der Waals surface area contributed by atoms with Gasteiger partial charge >= 0.3 is 0 Å². The van der Waals surface area contributed by atoms with Gasteiger partial charge in [-0.25, -0.2) is 4.98 Å². The van der Waals surface area contributed by atoms with Crippen molar-refractivity contribution < 1.29 is 14.1 Å². The van der Waals surface area contributed by atoms with E-state index in [1.807, 2.05) is 0 Å². The van der Waals surface area contributed by atoms with Gasteiger partial charge in [-0.3, -0.25) is 14.9 Å². The van der Waals surface area contributed by atoms with Crippen LogP contribution in [0.15, 0.2) is 71.3 Å². The van der Waals surface area contributed by atoms with Crippen molar-refractivity contribution >= 4 is 46.2 Å². The van der Waals surface area contributed by atoms with Gasteiger partial charge < -0.3 is 9.73 Å². The molecule has 9 heteroatoms. The lowest BCUT2D eigenvalue weighted by Gasteiger charge is -2.06. The van der Waals surface area contributed by atoms with E-state index in [0.717, 1.165) is 0 Å². The summed E-state index contributed by atoms with van der Waals surface area (Å²) in [7, 11) is 0. The van der Waals surface area contributed by atoms with Crippen LogP contribution < -0.4 is 5.32 Å². The number of fused-ring (bicyclic) bond motifs is 1. The molecule has 148 valence electrons. The summed E-state index contributed by atoms with van der Waals surface area (Å²) in [5.41, 5.74) is 2.49. The molecule has 0 saturated heterocycles. The number of rotatable bonds is 5. The summed E-state index contributed by atoms with van der Waals surface area (Å²) < 4.78 is 5.69. The number of nitrogens with one attached hydrogen (secondary N) is 1. The van der Waals surface area contributed by atoms with Crippen molar-refractivity contribution in [2.75, 3.05) is 5.32 Å². The van der Waals surface area contributed by atoms with Crippen LogP contribution >= 0.6 is 11.6 Å². The zero-order valence-electron chi connectivity index (χ0n) is 15.3. The Hall–Kier alpha value is -4.04. The number of anilines is 1. The van der Waals surface area contributed by atoms with E-state index < -0.39 is 10.8 Å². The smallest absolute Gasteiger partial charge is 0.270 e. The molecule has 2 aromatic carbocycles. The monoisotopic (exact) mass is 420 g/mol. The number of nitro benzene ring substituents is 1. The number of amides is 1. The zero-order chi connectivity index (χ0) is 21.1. The predicted octanol–water partition coefficient (Wildman–Crippen LogP) is 5.10. The van der Waals surface area contributed by atoms with Gasteiger partial charge in [0.2, 0.25) is 11.8 Å². The van der Waals surface area contributed by atoms with Crippen LogP contribution in [0.4, 0.5) is 11.4 Å². The molecular weight excluding hydrogens is 408 g/mol. The molecule has 0 aliphatic rings. The molecule has 0 spiro atoms. The number of nitro groups is 1. The predicted molar refractivity (Wildman–Crippen MR) is 113 cm³/mol. The summed E-state index contributed by atoms with van der Waals surface area (Å²) in [5.74, 6) is -0.0946. The summed E-state index contributed by atoms with van der Waals surface area (Å²) in [5, 5.41) is 13.9. The van der Waals surface area contributed by atoms with Crippen LogP contribution in [0, 0.1) is 10.1 Å². The van der Waals surface area contributed by atoms with Crippen LogP contribution in [-0.2, 0) is 4.79 Å². The Labute approximate surface area is 175 Å². The first-order valence-electron chi connectivity index (χ1n) is 8.74. The number of non-ortho nitro benzene ring substituents is 1. The van der Waals surface area contributed by atoms with E-state index in [1.165, 1.54) is 24.3 Å². The number of carbonyl (C=O) groups is 1. The third kappa shape index (κ3) is 4.18. The number of benzene rings is 2. The average molecular weight is 421 g/mol. The average Bonchev–Trinajstić information content (AvgIpc) is 3.18. The molecule has 2 heterocycles. The van der Waals surface area contributed by atoms with Gasteiger partial charge in [0.15, 0.2) is 11.2 Å². The number of carbonyl (C=O) groups excluding carboxylic acids is 1. The lowest BCUT2D eigenvalue weighted by Crippen LogP contribution is -2.08. The summed E-state index contributed by atoms with van der Waals surface area (Å²) in [4.78, 5) is 31.1. The first-order chi connectivity index (χ1) is 14.5. The normalized spacial score (nSPS) is 11.1. The summed E-state index contributed by atoms with van der Waals surface area (Å²) in [6.07, 6.45) is 4.37. The lowest BCUT2D eigenvalue weighted by atomic mass is 10.2. The maximum Gasteiger partial charge on any atom is 0.270 e. The Kier molecular flexibility index (Phi) is 5.23. The Balaban J connectivity index is 1.54. The van der Waals surface area contributed by atoms with Gasteiger partial charge in [0.25, 0.3) is 5.69 Å². The summed E-state index contributed by atoms with van der Waals surface area (Å²) >= 11 is 6.20. The van der Waals surface area contributed by atoms with Crippen molar-refractivity contribution in [2.45, 2.75) is 0 Å². The van der Waals surface area contributed by atoms with Crippen molar-refractivity contribution in [3.05, 3.63) is 87.6 Å². The number of pyridine rings is 1. The van der Waals surface area contributed by atoms with Gasteiger partial charge in [0, 0.05) is 30.0 Å². The van der Waals surface area contributed by atoms with Gasteiger partial charge in [0.05, 0.1) is 15.6 Å². The van der Waals surface area contributed by atoms with Gasteiger partial charge in [-0.15, -0.1) is 0 Å². The van der Waals surface area contributed by atoms with Gasteiger partial charge in [-0.2, -0.15) is 4.98 Å².